The van der Waals surface area contributed by atoms with Gasteiger partial charge in [-0.25, -0.2) is 9.78 Å². The van der Waals surface area contributed by atoms with Crippen LogP contribution < -0.4 is 9.64 Å². The van der Waals surface area contributed by atoms with E-state index in [-0.39, 0.29) is 43.8 Å². The molecule has 2 aromatic carbocycles. The predicted octanol–water partition coefficient (Wildman–Crippen LogP) is 4.89. The largest absolute Gasteiger partial charge is 0.497 e. The Hall–Kier alpha value is -4.48. The van der Waals surface area contributed by atoms with Crippen molar-refractivity contribution in [3.05, 3.63) is 88.6 Å². The number of amides is 4. The maximum Gasteiger partial charge on any atom is 0.328 e. The van der Waals surface area contributed by atoms with Crippen molar-refractivity contribution >= 4 is 23.7 Å². The number of carbonyl (C=O) groups excluding carboxylic acids is 3. The number of methoxy groups -OCH3 is 1. The summed E-state index contributed by atoms with van der Waals surface area (Å²) >= 11 is 0. The third-order valence-electron chi connectivity index (χ3n) is 9.67. The summed E-state index contributed by atoms with van der Waals surface area (Å²) in [6.07, 6.45) is 4.42. The first-order chi connectivity index (χ1) is 23.2. The number of nitrogens with zero attached hydrogens (tertiary/aromatic N) is 5. The van der Waals surface area contributed by atoms with Gasteiger partial charge in [0, 0.05) is 51.1 Å². The van der Waals surface area contributed by atoms with E-state index in [1.54, 1.807) is 43.2 Å². The third-order valence-corrected chi connectivity index (χ3v) is 9.67. The molecule has 254 valence electrons. The number of benzene rings is 2. The number of piperazine rings is 1. The van der Waals surface area contributed by atoms with Crippen LogP contribution in [0.1, 0.15) is 58.8 Å². The minimum Gasteiger partial charge on any atom is -0.497 e. The average Bonchev–Trinajstić information content (AvgIpc) is 3.29. The van der Waals surface area contributed by atoms with Crippen molar-refractivity contribution in [2.24, 2.45) is 0 Å². The van der Waals surface area contributed by atoms with Crippen molar-refractivity contribution in [3.8, 4) is 5.75 Å². The van der Waals surface area contributed by atoms with Gasteiger partial charge >= 0.3 is 6.03 Å². The number of anilines is 1. The summed E-state index contributed by atoms with van der Waals surface area (Å²) in [5.41, 5.74) is 2.95. The van der Waals surface area contributed by atoms with Crippen molar-refractivity contribution in [1.29, 1.82) is 0 Å². The van der Waals surface area contributed by atoms with E-state index in [4.69, 9.17) is 14.2 Å². The normalized spacial score (nSPS) is 21.6. The van der Waals surface area contributed by atoms with Crippen LogP contribution in [0.25, 0.3) is 0 Å². The summed E-state index contributed by atoms with van der Waals surface area (Å²) < 4.78 is 17.0. The van der Waals surface area contributed by atoms with Crippen LogP contribution >= 0.6 is 0 Å². The zero-order chi connectivity index (χ0) is 33.8. The zero-order valence-electron chi connectivity index (χ0n) is 28.3. The van der Waals surface area contributed by atoms with E-state index < -0.39 is 5.54 Å². The van der Waals surface area contributed by atoms with E-state index in [1.807, 2.05) is 42.3 Å². The first kappa shape index (κ1) is 33.4. The molecule has 0 N–H and O–H groups in total. The lowest BCUT2D eigenvalue weighted by molar-refractivity contribution is -0.164. The van der Waals surface area contributed by atoms with E-state index in [2.05, 4.69) is 22.9 Å². The number of hydrogen-bond donors (Lipinski definition) is 0. The van der Waals surface area contributed by atoms with Gasteiger partial charge in [0.2, 0.25) is 0 Å². The number of aromatic nitrogens is 1. The SMILES string of the molecule is COc1ccc(CN2C(=O)N(CCOC3CCCCO3)C(C)(c3ccc(C(=O)N4CCN(c5ncc(C)cc5C)CC4)cc3)C2=O)cc1. The summed E-state index contributed by atoms with van der Waals surface area (Å²) in [4.78, 5) is 53.2. The number of pyridine rings is 1. The minimum absolute atomic E-state index is 0.0624. The quantitative estimate of drug-likeness (QED) is 0.285. The number of ether oxygens (including phenoxy) is 3. The van der Waals surface area contributed by atoms with E-state index in [0.29, 0.717) is 49.7 Å². The van der Waals surface area contributed by atoms with Gasteiger partial charge in [-0.15, -0.1) is 0 Å². The van der Waals surface area contributed by atoms with Gasteiger partial charge in [0.25, 0.3) is 11.8 Å². The molecule has 6 rings (SSSR count). The molecule has 3 saturated heterocycles. The summed E-state index contributed by atoms with van der Waals surface area (Å²) in [7, 11) is 1.59. The molecule has 0 aliphatic carbocycles. The van der Waals surface area contributed by atoms with Crippen LogP contribution in [0, 0.1) is 13.8 Å². The highest BCUT2D eigenvalue weighted by atomic mass is 16.7. The molecule has 1 aromatic heterocycles. The Kier molecular flexibility index (Phi) is 9.98. The summed E-state index contributed by atoms with van der Waals surface area (Å²) in [6.45, 7) is 9.65. The fraction of sp³-hybridized carbons (Fsp3) is 0.459. The number of hydrogen-bond acceptors (Lipinski definition) is 8. The maximum absolute atomic E-state index is 14.2. The van der Waals surface area contributed by atoms with Gasteiger partial charge in [0.1, 0.15) is 17.1 Å². The van der Waals surface area contributed by atoms with E-state index >= 15 is 0 Å². The number of aryl methyl sites for hydroxylation is 2. The van der Waals surface area contributed by atoms with Crippen molar-refractivity contribution in [2.75, 3.05) is 57.9 Å². The predicted molar refractivity (Wildman–Crippen MR) is 181 cm³/mol. The van der Waals surface area contributed by atoms with Gasteiger partial charge < -0.3 is 28.9 Å². The summed E-state index contributed by atoms with van der Waals surface area (Å²) in [6, 6.07) is 16.2. The van der Waals surface area contributed by atoms with E-state index in [1.165, 1.54) is 4.90 Å². The Morgan fingerprint density at radius 2 is 1.73 bits per heavy atom. The topological polar surface area (TPSA) is 105 Å². The fourth-order valence-electron chi connectivity index (χ4n) is 6.85. The summed E-state index contributed by atoms with van der Waals surface area (Å²) in [5.74, 6) is 1.27. The van der Waals surface area contributed by atoms with Crippen molar-refractivity contribution in [1.82, 2.24) is 19.7 Å². The Morgan fingerprint density at radius 3 is 2.38 bits per heavy atom. The van der Waals surface area contributed by atoms with Gasteiger partial charge in [-0.2, -0.15) is 0 Å². The molecule has 0 radical (unpaired) electrons. The molecule has 4 heterocycles. The highest BCUT2D eigenvalue weighted by Gasteiger charge is 2.55. The van der Waals surface area contributed by atoms with Gasteiger partial charge in [0.05, 0.1) is 20.3 Å². The first-order valence-electron chi connectivity index (χ1n) is 16.8. The highest BCUT2D eigenvalue weighted by Crippen LogP contribution is 2.38. The van der Waals surface area contributed by atoms with Crippen LogP contribution in [0.5, 0.6) is 5.75 Å². The second-order valence-corrected chi connectivity index (χ2v) is 12.9. The lowest BCUT2D eigenvalue weighted by Crippen LogP contribution is -2.49. The molecular formula is C37H45N5O6. The molecule has 0 spiro atoms. The Morgan fingerprint density at radius 1 is 1.00 bits per heavy atom. The molecule has 3 aliphatic rings. The van der Waals surface area contributed by atoms with Crippen molar-refractivity contribution in [2.45, 2.75) is 58.4 Å². The average molecular weight is 656 g/mol. The van der Waals surface area contributed by atoms with E-state index in [9.17, 15) is 14.4 Å². The van der Waals surface area contributed by atoms with Gasteiger partial charge in [-0.1, -0.05) is 30.3 Å². The second-order valence-electron chi connectivity index (χ2n) is 12.9. The monoisotopic (exact) mass is 655 g/mol. The Labute approximate surface area is 282 Å². The smallest absolute Gasteiger partial charge is 0.328 e. The number of carbonyl (C=O) groups is 3. The van der Waals surface area contributed by atoms with Crippen molar-refractivity contribution < 1.29 is 28.6 Å². The fourth-order valence-corrected chi connectivity index (χ4v) is 6.85. The molecule has 3 fully saturated rings. The van der Waals surface area contributed by atoms with Crippen LogP contribution in [0.3, 0.4) is 0 Å². The number of imide groups is 1. The van der Waals surface area contributed by atoms with Crippen molar-refractivity contribution in [3.63, 3.8) is 0 Å². The van der Waals surface area contributed by atoms with Crippen LogP contribution in [0.2, 0.25) is 0 Å². The molecule has 2 unspecified atom stereocenters. The van der Waals surface area contributed by atoms with E-state index in [0.717, 1.165) is 41.8 Å². The standard InChI is InChI=1S/C37H45N5O6/c1-26-23-27(2)33(38-24-26)39-16-18-40(19-17-39)34(43)29-10-12-30(13-11-29)37(3)35(44)41(25-28-8-14-31(46-4)15-9-28)36(45)42(37)20-22-48-32-7-5-6-21-47-32/h8-15,23-24,32H,5-7,16-22,25H2,1-4H3. The lowest BCUT2D eigenvalue weighted by atomic mass is 9.89. The molecule has 2 atom stereocenters. The molecule has 11 heteroatoms. The zero-order valence-corrected chi connectivity index (χ0v) is 28.3. The second kappa shape index (κ2) is 14.3. The highest BCUT2D eigenvalue weighted by molar-refractivity contribution is 6.07. The molecule has 4 amide bonds. The number of rotatable bonds is 10. The molecule has 48 heavy (non-hydrogen) atoms. The maximum atomic E-state index is 14.2. The molecule has 11 nitrogen and oxygen atoms in total. The Bertz CT molecular complexity index is 1620. The van der Waals surface area contributed by atoms with Gasteiger partial charge in [-0.3, -0.25) is 14.5 Å². The molecule has 0 saturated carbocycles. The summed E-state index contributed by atoms with van der Waals surface area (Å²) in [5, 5.41) is 0. The Balaban J connectivity index is 1.17. The molecule has 0 bridgehead atoms. The number of urea groups is 1. The lowest BCUT2D eigenvalue weighted by Gasteiger charge is -2.36. The third kappa shape index (κ3) is 6.75. The van der Waals surface area contributed by atoms with Crippen LogP contribution in [-0.2, 0) is 26.4 Å². The van der Waals surface area contributed by atoms with Crippen LogP contribution in [0.4, 0.5) is 10.6 Å². The van der Waals surface area contributed by atoms with Gasteiger partial charge in [0.15, 0.2) is 6.29 Å². The molecule has 3 aromatic rings. The van der Waals surface area contributed by atoms with Crippen LogP contribution in [0.15, 0.2) is 60.8 Å². The first-order valence-corrected chi connectivity index (χ1v) is 16.8. The molecule has 3 aliphatic heterocycles. The van der Waals surface area contributed by atoms with Crippen LogP contribution in [-0.4, -0.2) is 96.9 Å². The van der Waals surface area contributed by atoms with Gasteiger partial charge in [-0.05, 0) is 86.6 Å². The molecular weight excluding hydrogens is 610 g/mol. The minimum atomic E-state index is -1.29.